The number of hydrogen-bond donors (Lipinski definition) is 3. The van der Waals surface area contributed by atoms with Crippen LogP contribution in [0.15, 0.2) is 60.7 Å². The summed E-state index contributed by atoms with van der Waals surface area (Å²) in [5.74, 6) is -0.392. The van der Waals surface area contributed by atoms with Crippen LogP contribution in [0.25, 0.3) is 10.8 Å². The Balaban J connectivity index is 1.69. The van der Waals surface area contributed by atoms with Crippen LogP contribution in [-0.4, -0.2) is 17.6 Å². The van der Waals surface area contributed by atoms with Gasteiger partial charge in [-0.1, -0.05) is 42.5 Å². The van der Waals surface area contributed by atoms with Gasteiger partial charge < -0.3 is 16.2 Å². The number of carbonyl (C=O) groups is 1. The van der Waals surface area contributed by atoms with Gasteiger partial charge in [-0.15, -0.1) is 0 Å². The van der Waals surface area contributed by atoms with Crippen molar-refractivity contribution in [1.82, 2.24) is 5.32 Å². The summed E-state index contributed by atoms with van der Waals surface area (Å²) in [5.41, 5.74) is 7.48. The van der Waals surface area contributed by atoms with Crippen LogP contribution < -0.4 is 11.1 Å². The summed E-state index contributed by atoms with van der Waals surface area (Å²) < 4.78 is 0. The molecule has 0 radical (unpaired) electrons. The van der Waals surface area contributed by atoms with E-state index in [1.807, 2.05) is 18.2 Å². The monoisotopic (exact) mass is 306 g/mol. The Morgan fingerprint density at radius 1 is 1.04 bits per heavy atom. The third-order valence-electron chi connectivity index (χ3n) is 3.83. The molecule has 1 amide bonds. The van der Waals surface area contributed by atoms with Gasteiger partial charge >= 0.3 is 0 Å². The molecule has 0 saturated carbocycles. The number of nitrogen functional groups attached to an aromatic ring is 1. The minimum absolute atomic E-state index is 0.0677. The summed E-state index contributed by atoms with van der Waals surface area (Å²) in [6.07, 6.45) is 0.718. The minimum Gasteiger partial charge on any atom is -0.507 e. The Morgan fingerprint density at radius 2 is 1.83 bits per heavy atom. The van der Waals surface area contributed by atoms with Crippen molar-refractivity contribution >= 4 is 22.4 Å². The summed E-state index contributed by atoms with van der Waals surface area (Å²) >= 11 is 0. The van der Waals surface area contributed by atoms with E-state index in [4.69, 9.17) is 5.73 Å². The van der Waals surface area contributed by atoms with Crippen LogP contribution in [0.3, 0.4) is 0 Å². The number of aromatic hydroxyl groups is 1. The van der Waals surface area contributed by atoms with Crippen molar-refractivity contribution < 1.29 is 9.90 Å². The lowest BCUT2D eigenvalue weighted by Crippen LogP contribution is -2.25. The summed E-state index contributed by atoms with van der Waals surface area (Å²) in [5, 5.41) is 14.9. The van der Waals surface area contributed by atoms with Crippen LogP contribution in [0.1, 0.15) is 15.9 Å². The first kappa shape index (κ1) is 14.9. The largest absolute Gasteiger partial charge is 0.507 e. The molecule has 4 heteroatoms. The van der Waals surface area contributed by atoms with E-state index in [-0.39, 0.29) is 17.2 Å². The Kier molecular flexibility index (Phi) is 4.15. The fourth-order valence-electron chi connectivity index (χ4n) is 2.65. The van der Waals surface area contributed by atoms with Crippen LogP contribution in [0.2, 0.25) is 0 Å². The van der Waals surface area contributed by atoms with Crippen LogP contribution >= 0.6 is 0 Å². The molecule has 0 aliphatic carbocycles. The van der Waals surface area contributed by atoms with E-state index in [9.17, 15) is 9.90 Å². The second kappa shape index (κ2) is 6.40. The highest BCUT2D eigenvalue weighted by atomic mass is 16.3. The van der Waals surface area contributed by atoms with E-state index in [0.29, 0.717) is 12.2 Å². The number of rotatable bonds is 4. The zero-order valence-corrected chi connectivity index (χ0v) is 12.6. The molecule has 3 aromatic rings. The molecular weight excluding hydrogens is 288 g/mol. The number of carbonyl (C=O) groups excluding carboxylic acids is 1. The summed E-state index contributed by atoms with van der Waals surface area (Å²) in [6.45, 7) is 0.487. The molecule has 0 aliphatic heterocycles. The average molecular weight is 306 g/mol. The Labute approximate surface area is 134 Å². The summed E-state index contributed by atoms with van der Waals surface area (Å²) in [4.78, 5) is 12.1. The lowest BCUT2D eigenvalue weighted by atomic mass is 10.0. The van der Waals surface area contributed by atoms with Crippen molar-refractivity contribution in [3.63, 3.8) is 0 Å². The van der Waals surface area contributed by atoms with Crippen LogP contribution in [0.4, 0.5) is 5.69 Å². The number of fused-ring (bicyclic) bond motifs is 1. The van der Waals surface area contributed by atoms with Crippen molar-refractivity contribution in [3.8, 4) is 5.75 Å². The minimum atomic E-state index is -0.324. The molecule has 0 bridgehead atoms. The SMILES string of the molecule is Nc1ccc(O)c(C(=O)NCCc2cccc3ccccc23)c1. The molecule has 3 aromatic carbocycles. The molecule has 4 N–H and O–H groups in total. The van der Waals surface area contributed by atoms with Gasteiger partial charge in [0.1, 0.15) is 5.75 Å². The van der Waals surface area contributed by atoms with Crippen molar-refractivity contribution in [1.29, 1.82) is 0 Å². The number of nitrogens with two attached hydrogens (primary N) is 1. The van der Waals surface area contributed by atoms with Crippen LogP contribution in [-0.2, 0) is 6.42 Å². The predicted molar refractivity (Wildman–Crippen MR) is 92.5 cm³/mol. The number of benzene rings is 3. The zero-order chi connectivity index (χ0) is 16.2. The molecule has 23 heavy (non-hydrogen) atoms. The fourth-order valence-corrected chi connectivity index (χ4v) is 2.65. The first-order valence-electron chi connectivity index (χ1n) is 7.48. The topological polar surface area (TPSA) is 75.3 Å². The maximum absolute atomic E-state index is 12.1. The van der Waals surface area contributed by atoms with Gasteiger partial charge in [-0.2, -0.15) is 0 Å². The number of amides is 1. The maximum Gasteiger partial charge on any atom is 0.255 e. The molecule has 0 atom stereocenters. The van der Waals surface area contributed by atoms with Crippen LogP contribution in [0.5, 0.6) is 5.75 Å². The van der Waals surface area contributed by atoms with Crippen molar-refractivity contribution in [2.24, 2.45) is 0 Å². The smallest absolute Gasteiger partial charge is 0.255 e. The molecule has 0 aliphatic rings. The zero-order valence-electron chi connectivity index (χ0n) is 12.6. The lowest BCUT2D eigenvalue weighted by Gasteiger charge is -2.09. The van der Waals surface area contributed by atoms with Gasteiger partial charge in [0.2, 0.25) is 0 Å². The van der Waals surface area contributed by atoms with E-state index in [2.05, 4.69) is 29.6 Å². The molecule has 0 fully saturated rings. The van der Waals surface area contributed by atoms with E-state index >= 15 is 0 Å². The van der Waals surface area contributed by atoms with Crippen LogP contribution in [0, 0.1) is 0 Å². The second-order valence-corrected chi connectivity index (χ2v) is 5.42. The summed E-state index contributed by atoms with van der Waals surface area (Å²) in [6, 6.07) is 18.8. The number of anilines is 1. The molecule has 0 saturated heterocycles. The molecule has 0 heterocycles. The number of nitrogens with one attached hydrogen (secondary N) is 1. The van der Waals surface area contributed by atoms with Gasteiger partial charge in [-0.3, -0.25) is 4.79 Å². The first-order valence-corrected chi connectivity index (χ1v) is 7.48. The van der Waals surface area contributed by atoms with Gasteiger partial charge in [-0.25, -0.2) is 0 Å². The second-order valence-electron chi connectivity index (χ2n) is 5.42. The number of phenolic OH excluding ortho intramolecular Hbond substituents is 1. The quantitative estimate of drug-likeness (QED) is 0.512. The molecule has 0 unspecified atom stereocenters. The normalized spacial score (nSPS) is 10.6. The van der Waals surface area contributed by atoms with Crippen molar-refractivity contribution in [3.05, 3.63) is 71.8 Å². The van der Waals surface area contributed by atoms with E-state index in [1.54, 1.807) is 6.07 Å². The highest BCUT2D eigenvalue weighted by Gasteiger charge is 2.11. The number of hydrogen-bond acceptors (Lipinski definition) is 3. The maximum atomic E-state index is 12.1. The molecule has 4 nitrogen and oxygen atoms in total. The Morgan fingerprint density at radius 3 is 2.70 bits per heavy atom. The predicted octanol–water partition coefficient (Wildman–Crippen LogP) is 3.10. The molecule has 0 spiro atoms. The highest BCUT2D eigenvalue weighted by Crippen LogP contribution is 2.20. The van der Waals surface area contributed by atoms with Gasteiger partial charge in [-0.05, 0) is 41.0 Å². The van der Waals surface area contributed by atoms with Gasteiger partial charge in [0.15, 0.2) is 0 Å². The molecule has 116 valence electrons. The number of phenols is 1. The third kappa shape index (κ3) is 3.26. The molecular formula is C19H18N2O2. The van der Waals surface area contributed by atoms with Gasteiger partial charge in [0.25, 0.3) is 5.91 Å². The van der Waals surface area contributed by atoms with E-state index < -0.39 is 0 Å². The molecule has 3 rings (SSSR count). The highest BCUT2D eigenvalue weighted by molar-refractivity contribution is 5.97. The standard InChI is InChI=1S/C19H18N2O2/c20-15-8-9-18(22)17(12-15)19(23)21-11-10-14-6-3-5-13-4-1-2-7-16(13)14/h1-9,12,22H,10-11,20H2,(H,21,23). The Hall–Kier alpha value is -3.01. The van der Waals surface area contributed by atoms with Gasteiger partial charge in [0.05, 0.1) is 5.56 Å². The van der Waals surface area contributed by atoms with Crippen molar-refractivity contribution in [2.45, 2.75) is 6.42 Å². The third-order valence-corrected chi connectivity index (χ3v) is 3.83. The van der Waals surface area contributed by atoms with E-state index in [0.717, 1.165) is 6.42 Å². The van der Waals surface area contributed by atoms with Gasteiger partial charge in [0, 0.05) is 12.2 Å². The van der Waals surface area contributed by atoms with E-state index in [1.165, 1.54) is 28.5 Å². The first-order chi connectivity index (χ1) is 11.1. The lowest BCUT2D eigenvalue weighted by molar-refractivity contribution is 0.0951. The van der Waals surface area contributed by atoms with Crippen molar-refractivity contribution in [2.75, 3.05) is 12.3 Å². The Bertz CT molecular complexity index is 854. The summed E-state index contributed by atoms with van der Waals surface area (Å²) in [7, 11) is 0. The fraction of sp³-hybridized carbons (Fsp3) is 0.105. The molecule has 0 aromatic heterocycles. The average Bonchev–Trinajstić information content (AvgIpc) is 2.57.